The topological polar surface area (TPSA) is 124 Å². The number of nitrogens with one attached hydrogen (secondary N) is 2. The number of rotatable bonds is 8. The lowest BCUT2D eigenvalue weighted by Gasteiger charge is -2.58. The standard InChI is InChI=1S/C29H46N4O5S/c1-28-9-8-23(35)29(2,18-34)22(28)17-21-25(31-27(39-21)32-26(37)19-6-4-3-5-7-19)20(28)16-24(36)30-10-11-33-12-14-38-15-13-33/h19-20,22-23,34-35H,3-18H2,1-2H3,(H,30,36)(H,31,32,37). The van der Waals surface area contributed by atoms with E-state index in [-0.39, 0.29) is 41.6 Å². The van der Waals surface area contributed by atoms with Gasteiger partial charge in [0.2, 0.25) is 11.8 Å². The number of amides is 2. The van der Waals surface area contributed by atoms with Crippen LogP contribution in [-0.2, 0) is 20.7 Å². The Morgan fingerprint density at radius 1 is 1.15 bits per heavy atom. The van der Waals surface area contributed by atoms with Crippen LogP contribution in [0.4, 0.5) is 5.13 Å². The third kappa shape index (κ3) is 5.91. The number of morpholine rings is 1. The first kappa shape index (κ1) is 28.9. The number of aliphatic hydroxyl groups excluding tert-OH is 2. The van der Waals surface area contributed by atoms with Crippen LogP contribution in [0.5, 0.6) is 0 Å². The zero-order valence-corrected chi connectivity index (χ0v) is 24.4. The molecule has 4 N–H and O–H groups in total. The normalized spacial score (nSPS) is 33.7. The second kappa shape index (κ2) is 12.1. The minimum Gasteiger partial charge on any atom is -0.396 e. The van der Waals surface area contributed by atoms with Crippen molar-refractivity contribution in [3.05, 3.63) is 10.6 Å². The lowest BCUT2D eigenvalue weighted by Crippen LogP contribution is -2.57. The molecule has 0 spiro atoms. The molecular weight excluding hydrogens is 516 g/mol. The first-order valence-corrected chi connectivity index (χ1v) is 15.7. The smallest absolute Gasteiger partial charge is 0.229 e. The highest BCUT2D eigenvalue weighted by Crippen LogP contribution is 2.62. The third-order valence-corrected chi connectivity index (χ3v) is 11.4. The number of ether oxygens (including phenoxy) is 1. The molecular formula is C29H46N4O5S. The van der Waals surface area contributed by atoms with Crippen LogP contribution in [-0.4, -0.2) is 84.0 Å². The highest BCUT2D eigenvalue weighted by Gasteiger charge is 2.59. The van der Waals surface area contributed by atoms with Gasteiger partial charge < -0.3 is 25.6 Å². The molecule has 3 fully saturated rings. The molecule has 5 rings (SSSR count). The number of fused-ring (bicyclic) bond motifs is 2. The van der Waals surface area contributed by atoms with Crippen molar-refractivity contribution < 1.29 is 24.5 Å². The number of carbonyl (C=O) groups is 2. The molecule has 9 nitrogen and oxygen atoms in total. The first-order valence-electron chi connectivity index (χ1n) is 14.9. The monoisotopic (exact) mass is 562 g/mol. The maximum absolute atomic E-state index is 13.3. The summed E-state index contributed by atoms with van der Waals surface area (Å²) in [5.41, 5.74) is -0.0485. The van der Waals surface area contributed by atoms with Crippen LogP contribution < -0.4 is 10.6 Å². The van der Waals surface area contributed by atoms with Gasteiger partial charge in [0.05, 0.1) is 31.6 Å². The second-order valence-corrected chi connectivity index (χ2v) is 13.8. The Bertz CT molecular complexity index is 1020. The molecule has 5 unspecified atom stereocenters. The molecule has 0 radical (unpaired) electrons. The highest BCUT2D eigenvalue weighted by atomic mass is 32.1. The molecule has 1 aliphatic heterocycles. The highest BCUT2D eigenvalue weighted by molar-refractivity contribution is 7.15. The fourth-order valence-corrected chi connectivity index (χ4v) is 8.78. The van der Waals surface area contributed by atoms with Crippen LogP contribution in [0.3, 0.4) is 0 Å². The largest absolute Gasteiger partial charge is 0.396 e. The van der Waals surface area contributed by atoms with Crippen LogP contribution in [0.15, 0.2) is 0 Å². The van der Waals surface area contributed by atoms with E-state index in [0.29, 0.717) is 30.9 Å². The maximum Gasteiger partial charge on any atom is 0.229 e. The molecule has 1 aromatic heterocycles. The van der Waals surface area contributed by atoms with Gasteiger partial charge in [-0.3, -0.25) is 14.5 Å². The number of aliphatic hydroxyl groups is 2. The molecule has 3 aliphatic carbocycles. The number of nitrogens with zero attached hydrogens (tertiary/aromatic N) is 2. The van der Waals surface area contributed by atoms with Gasteiger partial charge in [0.1, 0.15) is 0 Å². The molecule has 1 aromatic rings. The van der Waals surface area contributed by atoms with Crippen molar-refractivity contribution in [2.75, 3.05) is 51.3 Å². The van der Waals surface area contributed by atoms with Gasteiger partial charge in [-0.2, -0.15) is 0 Å². The van der Waals surface area contributed by atoms with E-state index in [1.165, 1.54) is 17.8 Å². The molecule has 2 heterocycles. The van der Waals surface area contributed by atoms with Crippen molar-refractivity contribution in [3.8, 4) is 0 Å². The molecule has 2 saturated carbocycles. The summed E-state index contributed by atoms with van der Waals surface area (Å²) in [6.45, 7) is 8.72. The Hall–Kier alpha value is -1.59. The van der Waals surface area contributed by atoms with Gasteiger partial charge in [-0.15, -0.1) is 11.3 Å². The summed E-state index contributed by atoms with van der Waals surface area (Å²) in [7, 11) is 0. The van der Waals surface area contributed by atoms with E-state index in [1.54, 1.807) is 0 Å². The molecule has 1 saturated heterocycles. The number of hydrogen-bond acceptors (Lipinski definition) is 8. The van der Waals surface area contributed by atoms with Gasteiger partial charge in [0.15, 0.2) is 5.13 Å². The van der Waals surface area contributed by atoms with Gasteiger partial charge in [-0.05, 0) is 43.4 Å². The van der Waals surface area contributed by atoms with E-state index in [1.807, 2.05) is 6.92 Å². The van der Waals surface area contributed by atoms with Gasteiger partial charge in [-0.25, -0.2) is 4.98 Å². The second-order valence-electron chi connectivity index (χ2n) is 12.7. The summed E-state index contributed by atoms with van der Waals surface area (Å²) in [5, 5.41) is 28.3. The Morgan fingerprint density at radius 2 is 1.90 bits per heavy atom. The summed E-state index contributed by atoms with van der Waals surface area (Å²) in [6.07, 6.45) is 6.99. The summed E-state index contributed by atoms with van der Waals surface area (Å²) < 4.78 is 5.42. The SMILES string of the molecule is CC1(CO)C(O)CCC2(C)C(CC(=O)NCCN3CCOCC3)c3nc(NC(=O)C4CCCCC4)sc3CC12. The van der Waals surface area contributed by atoms with Crippen molar-refractivity contribution in [3.63, 3.8) is 0 Å². The van der Waals surface area contributed by atoms with E-state index >= 15 is 0 Å². The van der Waals surface area contributed by atoms with Gasteiger partial charge in [-0.1, -0.05) is 33.1 Å². The van der Waals surface area contributed by atoms with Crippen LogP contribution >= 0.6 is 11.3 Å². The van der Waals surface area contributed by atoms with Crippen LogP contribution in [0.1, 0.15) is 81.7 Å². The summed E-state index contributed by atoms with van der Waals surface area (Å²) in [6, 6.07) is 0. The Morgan fingerprint density at radius 3 is 2.62 bits per heavy atom. The maximum atomic E-state index is 13.3. The lowest BCUT2D eigenvalue weighted by atomic mass is 9.47. The molecule has 39 heavy (non-hydrogen) atoms. The molecule has 2 amide bonds. The lowest BCUT2D eigenvalue weighted by molar-refractivity contribution is -0.144. The Labute approximate surface area is 236 Å². The Balaban J connectivity index is 1.36. The van der Waals surface area contributed by atoms with Gasteiger partial charge in [0.25, 0.3) is 0 Å². The van der Waals surface area contributed by atoms with Crippen molar-refractivity contribution in [2.45, 2.75) is 83.7 Å². The minimum absolute atomic E-state index is 0.000235. The summed E-state index contributed by atoms with van der Waals surface area (Å²) in [4.78, 5) is 34.7. The zero-order valence-electron chi connectivity index (χ0n) is 23.5. The zero-order chi connectivity index (χ0) is 27.6. The molecule has 10 heteroatoms. The summed E-state index contributed by atoms with van der Waals surface area (Å²) >= 11 is 1.51. The molecule has 218 valence electrons. The molecule has 5 atom stereocenters. The van der Waals surface area contributed by atoms with Gasteiger partial charge in [0, 0.05) is 54.7 Å². The van der Waals surface area contributed by atoms with Crippen LogP contribution in [0.25, 0.3) is 0 Å². The fraction of sp³-hybridized carbons (Fsp3) is 0.828. The number of anilines is 1. The first-order chi connectivity index (χ1) is 18.7. The molecule has 4 aliphatic rings. The van der Waals surface area contributed by atoms with Gasteiger partial charge >= 0.3 is 0 Å². The third-order valence-electron chi connectivity index (χ3n) is 10.3. The number of aromatic nitrogens is 1. The van der Waals surface area contributed by atoms with E-state index in [0.717, 1.165) is 75.5 Å². The summed E-state index contributed by atoms with van der Waals surface area (Å²) in [5.74, 6) is -0.0545. The predicted molar refractivity (Wildman–Crippen MR) is 151 cm³/mol. The van der Waals surface area contributed by atoms with E-state index in [2.05, 4.69) is 22.5 Å². The molecule has 0 aromatic carbocycles. The van der Waals surface area contributed by atoms with Crippen molar-refractivity contribution in [1.82, 2.24) is 15.2 Å². The average molecular weight is 563 g/mol. The predicted octanol–water partition coefficient (Wildman–Crippen LogP) is 2.92. The van der Waals surface area contributed by atoms with E-state index in [4.69, 9.17) is 9.72 Å². The number of carbonyl (C=O) groups excluding carboxylic acids is 2. The van der Waals surface area contributed by atoms with Crippen molar-refractivity contribution in [1.29, 1.82) is 0 Å². The quantitative estimate of drug-likeness (QED) is 0.384. The van der Waals surface area contributed by atoms with Crippen molar-refractivity contribution in [2.24, 2.45) is 22.7 Å². The number of hydrogen-bond donors (Lipinski definition) is 4. The minimum atomic E-state index is -0.661. The van der Waals surface area contributed by atoms with E-state index in [9.17, 15) is 19.8 Å². The average Bonchev–Trinajstić information content (AvgIpc) is 3.35. The van der Waals surface area contributed by atoms with Crippen LogP contribution in [0.2, 0.25) is 0 Å². The van der Waals surface area contributed by atoms with E-state index < -0.39 is 11.5 Å². The van der Waals surface area contributed by atoms with Crippen LogP contribution in [0, 0.1) is 22.7 Å². The number of thiazole rings is 1. The molecule has 0 bridgehead atoms. The fourth-order valence-electron chi connectivity index (χ4n) is 7.71. The Kier molecular flexibility index (Phi) is 8.98. The van der Waals surface area contributed by atoms with Crippen molar-refractivity contribution >= 4 is 28.3 Å².